The molecule has 0 aromatic carbocycles. The molecule has 0 atom stereocenters. The van der Waals surface area contributed by atoms with Gasteiger partial charge in [-0.1, -0.05) is 0 Å². The average molecular weight is 160 g/mol. The molecular formula is C9H8N2O. The van der Waals surface area contributed by atoms with Gasteiger partial charge in [0.15, 0.2) is 5.76 Å². The molecule has 3 nitrogen and oxygen atoms in total. The summed E-state index contributed by atoms with van der Waals surface area (Å²) in [5.41, 5.74) is 1.68. The van der Waals surface area contributed by atoms with Crippen LogP contribution in [-0.4, -0.2) is 9.97 Å². The highest BCUT2D eigenvalue weighted by molar-refractivity contribution is 5.49. The van der Waals surface area contributed by atoms with Crippen LogP contribution in [0.2, 0.25) is 0 Å². The fourth-order valence-electron chi connectivity index (χ4n) is 0.944. The van der Waals surface area contributed by atoms with Gasteiger partial charge >= 0.3 is 0 Å². The van der Waals surface area contributed by atoms with Crippen molar-refractivity contribution >= 4 is 0 Å². The lowest BCUT2D eigenvalue weighted by molar-refractivity contribution is 0.579. The van der Waals surface area contributed by atoms with E-state index in [0.29, 0.717) is 0 Å². The topological polar surface area (TPSA) is 38.9 Å². The summed E-state index contributed by atoms with van der Waals surface area (Å²) in [7, 11) is 0. The van der Waals surface area contributed by atoms with Crippen LogP contribution in [0.4, 0.5) is 0 Å². The van der Waals surface area contributed by atoms with Gasteiger partial charge in [-0.2, -0.15) is 0 Å². The van der Waals surface area contributed by atoms with Crippen molar-refractivity contribution in [2.75, 3.05) is 0 Å². The smallest absolute Gasteiger partial charge is 0.153 e. The summed E-state index contributed by atoms with van der Waals surface area (Å²) >= 11 is 0. The van der Waals surface area contributed by atoms with Crippen LogP contribution in [0.25, 0.3) is 11.5 Å². The van der Waals surface area contributed by atoms with E-state index in [1.807, 2.05) is 19.1 Å². The summed E-state index contributed by atoms with van der Waals surface area (Å²) in [5.74, 6) is 0.752. The number of aryl methyl sites for hydroxylation is 1. The quantitative estimate of drug-likeness (QED) is 0.640. The van der Waals surface area contributed by atoms with E-state index in [2.05, 4.69) is 9.97 Å². The Bertz CT molecular complexity index is 351. The van der Waals surface area contributed by atoms with E-state index < -0.39 is 0 Å². The molecule has 0 bridgehead atoms. The van der Waals surface area contributed by atoms with Gasteiger partial charge in [0.25, 0.3) is 0 Å². The maximum absolute atomic E-state index is 5.16. The molecule has 0 N–H and O–H groups in total. The van der Waals surface area contributed by atoms with Gasteiger partial charge in [0.1, 0.15) is 5.69 Å². The number of hydrogen-bond acceptors (Lipinski definition) is 3. The van der Waals surface area contributed by atoms with Crippen molar-refractivity contribution in [3.63, 3.8) is 0 Å². The SMILES string of the molecule is Cc1cnc(-c2ccco2)cn1. The first kappa shape index (κ1) is 7.03. The maximum atomic E-state index is 5.16. The first-order chi connectivity index (χ1) is 5.86. The summed E-state index contributed by atoms with van der Waals surface area (Å²) in [6, 6.07) is 3.69. The minimum absolute atomic E-state index is 0.752. The highest BCUT2D eigenvalue weighted by Gasteiger charge is 2.00. The number of rotatable bonds is 1. The van der Waals surface area contributed by atoms with Gasteiger partial charge in [0, 0.05) is 6.20 Å². The molecule has 0 aliphatic carbocycles. The zero-order chi connectivity index (χ0) is 8.39. The molecule has 12 heavy (non-hydrogen) atoms. The van der Waals surface area contributed by atoms with Crippen molar-refractivity contribution in [2.24, 2.45) is 0 Å². The first-order valence-corrected chi connectivity index (χ1v) is 3.69. The molecule has 60 valence electrons. The van der Waals surface area contributed by atoms with E-state index in [-0.39, 0.29) is 0 Å². The zero-order valence-corrected chi connectivity index (χ0v) is 6.69. The van der Waals surface area contributed by atoms with Crippen LogP contribution in [0.5, 0.6) is 0 Å². The molecule has 0 fully saturated rings. The third kappa shape index (κ3) is 1.21. The molecule has 2 rings (SSSR count). The molecule has 2 aromatic heterocycles. The number of nitrogens with zero attached hydrogens (tertiary/aromatic N) is 2. The number of furan rings is 1. The third-order valence-corrected chi connectivity index (χ3v) is 1.55. The van der Waals surface area contributed by atoms with Crippen molar-refractivity contribution < 1.29 is 4.42 Å². The normalized spacial score (nSPS) is 10.1. The molecule has 0 aliphatic heterocycles. The predicted octanol–water partition coefficient (Wildman–Crippen LogP) is 2.05. The zero-order valence-electron chi connectivity index (χ0n) is 6.69. The Morgan fingerprint density at radius 1 is 1.25 bits per heavy atom. The van der Waals surface area contributed by atoms with Gasteiger partial charge in [-0.25, -0.2) is 4.98 Å². The molecule has 0 unspecified atom stereocenters. The van der Waals surface area contributed by atoms with E-state index in [9.17, 15) is 0 Å². The van der Waals surface area contributed by atoms with Gasteiger partial charge < -0.3 is 4.42 Å². The summed E-state index contributed by atoms with van der Waals surface area (Å²) in [4.78, 5) is 8.28. The number of hydrogen-bond donors (Lipinski definition) is 0. The minimum atomic E-state index is 0.752. The van der Waals surface area contributed by atoms with Gasteiger partial charge in [0.05, 0.1) is 18.2 Å². The molecule has 0 amide bonds. The maximum Gasteiger partial charge on any atom is 0.153 e. The average Bonchev–Trinajstić information content (AvgIpc) is 2.58. The molecule has 0 radical (unpaired) electrons. The van der Waals surface area contributed by atoms with Crippen LogP contribution in [-0.2, 0) is 0 Å². The van der Waals surface area contributed by atoms with Crippen molar-refractivity contribution in [1.82, 2.24) is 9.97 Å². The molecule has 2 aromatic rings. The second kappa shape index (κ2) is 2.77. The second-order valence-corrected chi connectivity index (χ2v) is 2.52. The standard InChI is InChI=1S/C9H8N2O/c1-7-5-11-8(6-10-7)9-3-2-4-12-9/h2-6H,1H3. The van der Waals surface area contributed by atoms with Crippen molar-refractivity contribution in [3.8, 4) is 11.5 Å². The highest BCUT2D eigenvalue weighted by Crippen LogP contribution is 2.15. The lowest BCUT2D eigenvalue weighted by Crippen LogP contribution is -1.85. The van der Waals surface area contributed by atoms with Crippen LogP contribution in [0, 0.1) is 6.92 Å². The van der Waals surface area contributed by atoms with E-state index in [0.717, 1.165) is 17.1 Å². The summed E-state index contributed by atoms with van der Waals surface area (Å²) in [5, 5.41) is 0. The Labute approximate surface area is 70.1 Å². The Hall–Kier alpha value is -1.64. The Morgan fingerprint density at radius 2 is 2.17 bits per heavy atom. The predicted molar refractivity (Wildman–Crippen MR) is 44.5 cm³/mol. The van der Waals surface area contributed by atoms with Crippen molar-refractivity contribution in [2.45, 2.75) is 6.92 Å². The molecule has 0 aliphatic rings. The molecule has 0 saturated carbocycles. The molecule has 2 heterocycles. The van der Waals surface area contributed by atoms with Gasteiger partial charge in [-0.3, -0.25) is 4.98 Å². The van der Waals surface area contributed by atoms with Crippen LogP contribution in [0.15, 0.2) is 35.2 Å². The Morgan fingerprint density at radius 3 is 2.75 bits per heavy atom. The highest BCUT2D eigenvalue weighted by atomic mass is 16.3. The van der Waals surface area contributed by atoms with Crippen LogP contribution in [0.1, 0.15) is 5.69 Å². The van der Waals surface area contributed by atoms with Gasteiger partial charge in [0.2, 0.25) is 0 Å². The first-order valence-electron chi connectivity index (χ1n) is 3.69. The molecule has 0 spiro atoms. The van der Waals surface area contributed by atoms with E-state index in [4.69, 9.17) is 4.42 Å². The van der Waals surface area contributed by atoms with E-state index >= 15 is 0 Å². The Kier molecular flexibility index (Phi) is 1.63. The summed E-state index contributed by atoms with van der Waals surface area (Å²) < 4.78 is 5.16. The monoisotopic (exact) mass is 160 g/mol. The minimum Gasteiger partial charge on any atom is -0.463 e. The van der Waals surface area contributed by atoms with Crippen LogP contribution >= 0.6 is 0 Å². The van der Waals surface area contributed by atoms with E-state index in [1.165, 1.54) is 0 Å². The Balaban J connectivity index is 2.43. The lowest BCUT2D eigenvalue weighted by Gasteiger charge is -1.94. The lowest BCUT2D eigenvalue weighted by atomic mass is 10.3. The summed E-state index contributed by atoms with van der Waals surface area (Å²) in [6.45, 7) is 1.90. The third-order valence-electron chi connectivity index (χ3n) is 1.55. The second-order valence-electron chi connectivity index (χ2n) is 2.52. The molecular weight excluding hydrogens is 152 g/mol. The van der Waals surface area contributed by atoms with Gasteiger partial charge in [-0.05, 0) is 19.1 Å². The number of aromatic nitrogens is 2. The van der Waals surface area contributed by atoms with Crippen LogP contribution < -0.4 is 0 Å². The van der Waals surface area contributed by atoms with Gasteiger partial charge in [-0.15, -0.1) is 0 Å². The molecule has 3 heteroatoms. The molecule has 0 saturated heterocycles. The van der Waals surface area contributed by atoms with Crippen molar-refractivity contribution in [1.29, 1.82) is 0 Å². The fourth-order valence-corrected chi connectivity index (χ4v) is 0.944. The fraction of sp³-hybridized carbons (Fsp3) is 0.111. The van der Waals surface area contributed by atoms with Crippen LogP contribution in [0.3, 0.4) is 0 Å². The summed E-state index contributed by atoms with van der Waals surface area (Å²) in [6.07, 6.45) is 5.04. The largest absolute Gasteiger partial charge is 0.463 e. The van der Waals surface area contributed by atoms with Crippen molar-refractivity contribution in [3.05, 3.63) is 36.5 Å². The van der Waals surface area contributed by atoms with E-state index in [1.54, 1.807) is 18.7 Å².